The highest BCUT2D eigenvalue weighted by Gasteiger charge is 1.95. The molecule has 0 heterocycles. The summed E-state index contributed by atoms with van der Waals surface area (Å²) in [4.78, 5) is 0. The Hall–Kier alpha value is 0. The van der Waals surface area contributed by atoms with E-state index in [1.165, 1.54) is 32.1 Å². The van der Waals surface area contributed by atoms with E-state index >= 15 is 0 Å². The van der Waals surface area contributed by atoms with E-state index < -0.39 is 0 Å². The molecule has 0 bridgehead atoms. The maximum atomic E-state index is 2.34. The maximum absolute atomic E-state index is 2.34. The van der Waals surface area contributed by atoms with Crippen molar-refractivity contribution in [1.29, 1.82) is 0 Å². The van der Waals surface area contributed by atoms with Crippen LogP contribution in [0.15, 0.2) is 0 Å². The van der Waals surface area contributed by atoms with Gasteiger partial charge >= 0.3 is 0 Å². The van der Waals surface area contributed by atoms with Crippen molar-refractivity contribution in [3.8, 4) is 0 Å². The Kier molecular flexibility index (Phi) is 32.5. The first kappa shape index (κ1) is 22.7. The summed E-state index contributed by atoms with van der Waals surface area (Å²) >= 11 is 0. The van der Waals surface area contributed by atoms with Crippen molar-refractivity contribution in [3.05, 3.63) is 0 Å². The van der Waals surface area contributed by atoms with E-state index in [1.807, 2.05) is 0 Å². The smallest absolute Gasteiger partial charge is 0.0445 e. The van der Waals surface area contributed by atoms with Gasteiger partial charge in [-0.2, -0.15) is 0 Å². The monoisotopic (exact) mass is 176 g/mol. The van der Waals surface area contributed by atoms with Gasteiger partial charge in [-0.15, -0.1) is 0 Å². The molecule has 0 aromatic rings. The van der Waals surface area contributed by atoms with Gasteiger partial charge in [-0.1, -0.05) is 75.2 Å². The topological polar surface area (TPSA) is 0 Å². The Morgan fingerprint density at radius 3 is 1.75 bits per heavy atom. The normalized spacial score (nSPS) is 10.2. The fourth-order valence-electron chi connectivity index (χ4n) is 0.947. The quantitative estimate of drug-likeness (QED) is 0.484. The van der Waals surface area contributed by atoms with Crippen molar-refractivity contribution in [2.75, 3.05) is 0 Å². The fraction of sp³-hybridized carbons (Fsp3) is 1.00. The van der Waals surface area contributed by atoms with Gasteiger partial charge in [0.2, 0.25) is 0 Å². The van der Waals surface area contributed by atoms with Crippen molar-refractivity contribution in [2.45, 2.75) is 75.2 Å². The highest BCUT2D eigenvalue weighted by Crippen LogP contribution is 2.11. The average molecular weight is 176 g/mol. The van der Waals surface area contributed by atoms with Gasteiger partial charge in [0.15, 0.2) is 0 Å². The summed E-state index contributed by atoms with van der Waals surface area (Å²) in [6.07, 6.45) is 7.00. The molecule has 0 heteroatoms. The molecule has 0 aromatic heterocycles. The van der Waals surface area contributed by atoms with E-state index in [0.717, 1.165) is 5.92 Å². The van der Waals surface area contributed by atoms with Gasteiger partial charge in [-0.25, -0.2) is 0 Å². The Morgan fingerprint density at radius 2 is 1.42 bits per heavy atom. The number of hydrogen-bond donors (Lipinski definition) is 0. The van der Waals surface area contributed by atoms with Crippen molar-refractivity contribution < 1.29 is 0 Å². The minimum absolute atomic E-state index is 0. The van der Waals surface area contributed by atoms with Crippen LogP contribution >= 0.6 is 0 Å². The van der Waals surface area contributed by atoms with Gasteiger partial charge < -0.3 is 0 Å². The third-order valence-corrected chi connectivity index (χ3v) is 2.00. The molecular formula is C12H32. The summed E-state index contributed by atoms with van der Waals surface area (Å²) < 4.78 is 0. The van der Waals surface area contributed by atoms with Gasteiger partial charge in [0.05, 0.1) is 0 Å². The zero-order valence-electron chi connectivity index (χ0n) is 7.11. The molecule has 0 spiro atoms. The molecule has 12 heavy (non-hydrogen) atoms. The van der Waals surface area contributed by atoms with Crippen molar-refractivity contribution in [3.63, 3.8) is 0 Å². The van der Waals surface area contributed by atoms with Crippen LogP contribution in [0.3, 0.4) is 0 Å². The zero-order chi connectivity index (χ0) is 7.11. The highest BCUT2D eigenvalue weighted by molar-refractivity contribution is 4.49. The van der Waals surface area contributed by atoms with Gasteiger partial charge in [0.25, 0.3) is 0 Å². The average Bonchev–Trinajstić information content (AvgIpc) is 1.89. The molecule has 0 saturated heterocycles. The van der Waals surface area contributed by atoms with Gasteiger partial charge in [-0.3, -0.25) is 0 Å². The van der Waals surface area contributed by atoms with Crippen LogP contribution in [-0.2, 0) is 0 Å². The third-order valence-electron chi connectivity index (χ3n) is 2.00. The minimum atomic E-state index is 0. The lowest BCUT2D eigenvalue weighted by Gasteiger charge is -2.05. The molecule has 1 atom stereocenters. The number of rotatable bonds is 5. The summed E-state index contributed by atoms with van der Waals surface area (Å²) in [7, 11) is 0. The van der Waals surface area contributed by atoms with Crippen LogP contribution in [0.2, 0.25) is 0 Å². The standard InChI is InChI=1S/C9H20.3CH4/c1-4-6-7-8-9(3)5-2;;;/h9H,4-8H2,1-3H3;3*1H4. The SMILES string of the molecule is C.C.C.CCCCCC(C)CC. The lowest BCUT2D eigenvalue weighted by molar-refractivity contribution is 0.482. The van der Waals surface area contributed by atoms with E-state index in [-0.39, 0.29) is 22.3 Å². The summed E-state index contributed by atoms with van der Waals surface area (Å²) in [5.41, 5.74) is 0. The molecule has 0 aliphatic heterocycles. The molecular weight excluding hydrogens is 144 g/mol. The van der Waals surface area contributed by atoms with E-state index in [2.05, 4.69) is 20.8 Å². The largest absolute Gasteiger partial charge is 0.0776 e. The van der Waals surface area contributed by atoms with Crippen LogP contribution in [0.1, 0.15) is 75.2 Å². The molecule has 0 aliphatic rings. The molecule has 1 unspecified atom stereocenters. The van der Waals surface area contributed by atoms with Gasteiger partial charge in [-0.05, 0) is 5.92 Å². The summed E-state index contributed by atoms with van der Waals surface area (Å²) in [5, 5.41) is 0. The predicted octanol–water partition coefficient (Wildman–Crippen LogP) is 5.52. The third kappa shape index (κ3) is 16.5. The second-order valence-electron chi connectivity index (χ2n) is 3.01. The second kappa shape index (κ2) is 17.2. The molecule has 0 N–H and O–H groups in total. The number of hydrogen-bond acceptors (Lipinski definition) is 0. The first-order valence-electron chi connectivity index (χ1n) is 4.31. The predicted molar refractivity (Wildman–Crippen MR) is 63.8 cm³/mol. The molecule has 0 nitrogen and oxygen atoms in total. The lowest BCUT2D eigenvalue weighted by atomic mass is 10.0. The molecule has 0 fully saturated rings. The van der Waals surface area contributed by atoms with E-state index in [1.54, 1.807) is 0 Å². The van der Waals surface area contributed by atoms with Crippen molar-refractivity contribution in [2.24, 2.45) is 5.92 Å². The molecule has 80 valence electrons. The fourth-order valence-corrected chi connectivity index (χ4v) is 0.947. The minimum Gasteiger partial charge on any atom is -0.0776 e. The van der Waals surface area contributed by atoms with Crippen LogP contribution in [-0.4, -0.2) is 0 Å². The molecule has 0 aromatic carbocycles. The molecule has 0 aliphatic carbocycles. The zero-order valence-corrected chi connectivity index (χ0v) is 7.11. The molecule has 0 radical (unpaired) electrons. The van der Waals surface area contributed by atoms with Crippen molar-refractivity contribution >= 4 is 0 Å². The Labute approximate surface area is 81.8 Å². The number of unbranched alkanes of at least 4 members (excludes halogenated alkanes) is 2. The van der Waals surface area contributed by atoms with Crippen LogP contribution in [0.4, 0.5) is 0 Å². The first-order valence-corrected chi connectivity index (χ1v) is 4.31. The Bertz CT molecular complexity index is 48.0. The maximum Gasteiger partial charge on any atom is -0.0445 e. The van der Waals surface area contributed by atoms with E-state index in [4.69, 9.17) is 0 Å². The second-order valence-corrected chi connectivity index (χ2v) is 3.01. The van der Waals surface area contributed by atoms with Crippen LogP contribution < -0.4 is 0 Å². The van der Waals surface area contributed by atoms with Crippen LogP contribution in [0.5, 0.6) is 0 Å². The molecule has 0 amide bonds. The van der Waals surface area contributed by atoms with E-state index in [9.17, 15) is 0 Å². The summed E-state index contributed by atoms with van der Waals surface area (Å²) in [5.74, 6) is 0.955. The molecule has 0 rings (SSSR count). The lowest BCUT2D eigenvalue weighted by Crippen LogP contribution is -1.90. The summed E-state index contributed by atoms with van der Waals surface area (Å²) in [6, 6.07) is 0. The van der Waals surface area contributed by atoms with Crippen LogP contribution in [0, 0.1) is 5.92 Å². The first-order chi connectivity index (χ1) is 4.31. The van der Waals surface area contributed by atoms with Crippen molar-refractivity contribution in [1.82, 2.24) is 0 Å². The Balaban J connectivity index is -0.000000107. The summed E-state index contributed by atoms with van der Waals surface area (Å²) in [6.45, 7) is 6.88. The van der Waals surface area contributed by atoms with E-state index in [0.29, 0.717) is 0 Å². The highest BCUT2D eigenvalue weighted by atomic mass is 14.0. The van der Waals surface area contributed by atoms with Gasteiger partial charge in [0, 0.05) is 0 Å². The molecule has 0 saturated carbocycles. The van der Waals surface area contributed by atoms with Crippen LogP contribution in [0.25, 0.3) is 0 Å². The Morgan fingerprint density at radius 1 is 0.917 bits per heavy atom. The van der Waals surface area contributed by atoms with Gasteiger partial charge in [0.1, 0.15) is 0 Å².